The molecule has 3 saturated carbocycles. The highest BCUT2D eigenvalue weighted by Crippen LogP contribution is 2.66. The molecule has 3 N–H and O–H groups in total. The number of oxime groups is 1. The van der Waals surface area contributed by atoms with E-state index < -0.39 is 30.3 Å². The van der Waals surface area contributed by atoms with Crippen LogP contribution in [0.1, 0.15) is 77.7 Å². The first-order valence-electron chi connectivity index (χ1n) is 15.6. The minimum atomic E-state index is -1.09. The van der Waals surface area contributed by atoms with Gasteiger partial charge < -0.3 is 20.0 Å². The van der Waals surface area contributed by atoms with Gasteiger partial charge in [0.1, 0.15) is 11.8 Å². The second-order valence-corrected chi connectivity index (χ2v) is 13.6. The van der Waals surface area contributed by atoms with Gasteiger partial charge in [-0.05, 0) is 105 Å². The van der Waals surface area contributed by atoms with E-state index >= 15 is 0 Å². The molecule has 240 valence electrons. The zero-order valence-corrected chi connectivity index (χ0v) is 26.0. The van der Waals surface area contributed by atoms with E-state index in [1.54, 1.807) is 6.92 Å². The number of amides is 1. The second kappa shape index (κ2) is 12.5. The van der Waals surface area contributed by atoms with E-state index in [1.165, 1.54) is 24.8 Å². The summed E-state index contributed by atoms with van der Waals surface area (Å²) in [5.41, 5.74) is 2.47. The maximum Gasteiger partial charge on any atom is 0.328 e. The molecule has 0 aromatic heterocycles. The van der Waals surface area contributed by atoms with Crippen molar-refractivity contribution in [3.8, 4) is 5.75 Å². The summed E-state index contributed by atoms with van der Waals surface area (Å²) in [5, 5.41) is 36.8. The van der Waals surface area contributed by atoms with Crippen LogP contribution in [0.3, 0.4) is 0 Å². The average molecular weight is 611 g/mol. The maximum atomic E-state index is 12.7. The molecule has 0 aliphatic heterocycles. The molecule has 11 nitrogen and oxygen atoms in total. The number of fused-ring (bicyclic) bond motifs is 5. The van der Waals surface area contributed by atoms with Gasteiger partial charge in [0.15, 0.2) is 6.61 Å². The second-order valence-electron chi connectivity index (χ2n) is 13.6. The summed E-state index contributed by atoms with van der Waals surface area (Å²) in [6, 6.07) is 2.70. The molecular formula is C33H44N3O8-. The van der Waals surface area contributed by atoms with Crippen molar-refractivity contribution >= 4 is 29.1 Å². The van der Waals surface area contributed by atoms with Gasteiger partial charge in [0, 0.05) is 12.3 Å². The van der Waals surface area contributed by atoms with Crippen molar-refractivity contribution in [2.75, 3.05) is 18.9 Å². The number of hydrogen-bond donors (Lipinski definition) is 3. The van der Waals surface area contributed by atoms with Crippen molar-refractivity contribution in [2.45, 2.75) is 84.6 Å². The van der Waals surface area contributed by atoms with Crippen molar-refractivity contribution in [1.29, 1.82) is 0 Å². The summed E-state index contributed by atoms with van der Waals surface area (Å²) in [6.07, 6.45) is 10.4. The van der Waals surface area contributed by atoms with Crippen LogP contribution >= 0.6 is 0 Å². The number of hydrogen-bond acceptors (Lipinski definition) is 10. The first-order valence-corrected chi connectivity index (χ1v) is 15.6. The highest BCUT2D eigenvalue weighted by Gasteiger charge is 2.59. The third-order valence-electron chi connectivity index (χ3n) is 11.3. The molecule has 7 atom stereocenters. The predicted octanol–water partition coefficient (Wildman–Crippen LogP) is 4.09. The Balaban J connectivity index is 1.19. The Hall–Kier alpha value is -3.44. The number of anilines is 1. The van der Waals surface area contributed by atoms with E-state index in [1.807, 2.05) is 0 Å². The van der Waals surface area contributed by atoms with Gasteiger partial charge >= 0.3 is 5.97 Å². The molecule has 5 rings (SSSR count). The third kappa shape index (κ3) is 5.96. The number of ketones is 1. The molecule has 44 heavy (non-hydrogen) atoms. The molecule has 0 spiro atoms. The van der Waals surface area contributed by atoms with Gasteiger partial charge in [-0.2, -0.15) is 0 Å². The quantitative estimate of drug-likeness (QED) is 0.276. The summed E-state index contributed by atoms with van der Waals surface area (Å²) < 4.78 is 4.81. The number of carbonyl (C=O) groups excluding carboxylic acids is 3. The lowest BCUT2D eigenvalue weighted by atomic mass is 9.46. The molecular weight excluding hydrogens is 566 g/mol. The summed E-state index contributed by atoms with van der Waals surface area (Å²) in [6.45, 7) is 6.15. The van der Waals surface area contributed by atoms with Gasteiger partial charge in [-0.3, -0.25) is 20.0 Å². The molecule has 0 saturated heterocycles. The smallest absolute Gasteiger partial charge is 0.328 e. The number of nitrogens with one attached hydrogen (secondary N) is 1. The molecule has 3 fully saturated rings. The molecule has 11 heteroatoms. The zero-order chi connectivity index (χ0) is 31.8. The summed E-state index contributed by atoms with van der Waals surface area (Å²) >= 11 is 0. The number of methoxy groups -OCH3 is 1. The Morgan fingerprint density at radius 2 is 1.89 bits per heavy atom. The van der Waals surface area contributed by atoms with E-state index in [2.05, 4.69) is 30.4 Å². The number of allylic oxidation sites excluding steroid dienone is 2. The minimum absolute atomic E-state index is 0.0453. The Morgan fingerprint density at radius 1 is 1.11 bits per heavy atom. The standard InChI is InChI=1S/C33H45N3O8/c1-19(37)24-8-9-25-23-7-6-21-17-22(11-13-32(21,2)26(23)12-14-33(24,25)3)35-44-18-30(39)34-27(31(40)43-4)15-20-5-10-29(38)28(16-20)36(41)42/h5,10,16-17,23-27,38,41-42H,6-9,11-15,18H2,1-4H3,(H,34,39)/p-1. The van der Waals surface area contributed by atoms with Crippen molar-refractivity contribution in [3.05, 3.63) is 35.4 Å². The SMILES string of the molecule is COC(=O)C(Cc1ccc([O-])c(N(O)O)c1)NC(=O)CON=C1C=C2CCC3C(CCC4(C)C(C(C)=O)CCC34)C2(C)CC1. The summed E-state index contributed by atoms with van der Waals surface area (Å²) in [7, 11) is 1.19. The zero-order valence-electron chi connectivity index (χ0n) is 26.0. The molecule has 7 unspecified atom stereocenters. The minimum Gasteiger partial charge on any atom is -0.871 e. The Kier molecular flexibility index (Phi) is 9.09. The largest absolute Gasteiger partial charge is 0.871 e. The number of ether oxygens (including phenoxy) is 1. The fourth-order valence-corrected chi connectivity index (χ4v) is 9.14. The monoisotopic (exact) mass is 610 g/mol. The van der Waals surface area contributed by atoms with Gasteiger partial charge in [0.05, 0.1) is 18.5 Å². The molecule has 4 aliphatic rings. The van der Waals surface area contributed by atoms with E-state index in [4.69, 9.17) is 9.57 Å². The fourth-order valence-electron chi connectivity index (χ4n) is 9.14. The van der Waals surface area contributed by atoms with Crippen molar-refractivity contribution < 1.29 is 39.5 Å². The van der Waals surface area contributed by atoms with Crippen LogP contribution in [-0.2, 0) is 30.4 Å². The van der Waals surface area contributed by atoms with E-state index in [0.29, 0.717) is 29.1 Å². The lowest BCUT2D eigenvalue weighted by molar-refractivity contribution is -0.268. The van der Waals surface area contributed by atoms with E-state index in [0.717, 1.165) is 63.1 Å². The third-order valence-corrected chi connectivity index (χ3v) is 11.3. The number of carbonyl (C=O) groups is 3. The first kappa shape index (κ1) is 32.0. The molecule has 0 heterocycles. The Bertz CT molecular complexity index is 1360. The average Bonchev–Trinajstić information content (AvgIpc) is 3.35. The van der Waals surface area contributed by atoms with Crippen LogP contribution in [0.15, 0.2) is 35.0 Å². The predicted molar refractivity (Wildman–Crippen MR) is 159 cm³/mol. The first-order chi connectivity index (χ1) is 20.9. The van der Waals surface area contributed by atoms with Gasteiger partial charge in [-0.25, -0.2) is 4.79 Å². The van der Waals surface area contributed by atoms with Crippen molar-refractivity contribution in [2.24, 2.45) is 39.7 Å². The number of benzene rings is 1. The van der Waals surface area contributed by atoms with Crippen LogP contribution in [0.2, 0.25) is 0 Å². The molecule has 1 amide bonds. The molecule has 0 bridgehead atoms. The number of rotatable bonds is 9. The highest BCUT2D eigenvalue weighted by atomic mass is 16.8. The van der Waals surface area contributed by atoms with Gasteiger partial charge in [-0.1, -0.05) is 42.5 Å². The van der Waals surface area contributed by atoms with E-state index in [9.17, 15) is 29.9 Å². The topological polar surface area (TPSA) is 161 Å². The fraction of sp³-hybridized carbons (Fsp3) is 0.636. The lowest BCUT2D eigenvalue weighted by Crippen LogP contribution is -2.51. The molecule has 1 aromatic rings. The van der Waals surface area contributed by atoms with Crippen LogP contribution in [0.25, 0.3) is 0 Å². The van der Waals surface area contributed by atoms with Crippen LogP contribution in [0.5, 0.6) is 5.75 Å². The molecule has 0 radical (unpaired) electrons. The van der Waals surface area contributed by atoms with Crippen molar-refractivity contribution in [3.63, 3.8) is 0 Å². The van der Waals surface area contributed by atoms with Gasteiger partial charge in [0.2, 0.25) is 0 Å². The molecule has 1 aromatic carbocycles. The van der Waals surface area contributed by atoms with Crippen LogP contribution in [-0.4, -0.2) is 53.5 Å². The highest BCUT2D eigenvalue weighted by molar-refractivity contribution is 5.96. The Labute approximate surface area is 258 Å². The van der Waals surface area contributed by atoms with Crippen LogP contribution in [0.4, 0.5) is 5.69 Å². The van der Waals surface area contributed by atoms with Gasteiger partial charge in [0.25, 0.3) is 5.91 Å². The van der Waals surface area contributed by atoms with E-state index in [-0.39, 0.29) is 34.1 Å². The van der Waals surface area contributed by atoms with Crippen LogP contribution < -0.4 is 15.6 Å². The lowest BCUT2D eigenvalue weighted by Gasteiger charge is -2.58. The molecule has 4 aliphatic carbocycles. The Morgan fingerprint density at radius 3 is 2.59 bits per heavy atom. The summed E-state index contributed by atoms with van der Waals surface area (Å²) in [4.78, 5) is 42.9. The number of Topliss-reactive ketones (excluding diaryl/α,β-unsaturated/α-hetero) is 1. The van der Waals surface area contributed by atoms with Gasteiger partial charge in [-0.15, -0.1) is 5.23 Å². The maximum absolute atomic E-state index is 12.7. The normalized spacial score (nSPS) is 32.4. The van der Waals surface area contributed by atoms with Crippen LogP contribution in [0, 0.1) is 34.5 Å². The number of esters is 1. The number of nitrogens with zero attached hydrogens (tertiary/aromatic N) is 2. The summed E-state index contributed by atoms with van der Waals surface area (Å²) in [5.74, 6) is 0.543. The van der Waals surface area contributed by atoms with Crippen molar-refractivity contribution in [1.82, 2.24) is 5.32 Å².